The number of hydrogen-bond acceptors (Lipinski definition) is 3. The molecule has 0 bridgehead atoms. The summed E-state index contributed by atoms with van der Waals surface area (Å²) in [5, 5.41) is 16.4. The summed E-state index contributed by atoms with van der Waals surface area (Å²) < 4.78 is 0. The third-order valence-corrected chi connectivity index (χ3v) is 4.30. The molecule has 0 radical (unpaired) electrons. The maximum atomic E-state index is 10.4. The number of aryl methyl sites for hydroxylation is 1. The van der Waals surface area contributed by atoms with Crippen LogP contribution in [0.2, 0.25) is 0 Å². The van der Waals surface area contributed by atoms with Crippen LogP contribution in [0.25, 0.3) is 0 Å². The van der Waals surface area contributed by atoms with Gasteiger partial charge in [0.2, 0.25) is 0 Å². The zero-order chi connectivity index (χ0) is 10.2. The number of hydrogen-bond donors (Lipinski definition) is 1. The molecular formula is C11H12OS2. The van der Waals surface area contributed by atoms with Gasteiger partial charge in [0.15, 0.2) is 0 Å². The third-order valence-electron chi connectivity index (χ3n) is 2.39. The lowest BCUT2D eigenvalue weighted by Crippen LogP contribution is -2.21. The zero-order valence-corrected chi connectivity index (χ0v) is 9.78. The number of thiophene rings is 2. The molecule has 1 unspecified atom stereocenters. The van der Waals surface area contributed by atoms with Crippen LogP contribution in [0, 0.1) is 6.92 Å². The van der Waals surface area contributed by atoms with Crippen molar-refractivity contribution in [2.75, 3.05) is 0 Å². The van der Waals surface area contributed by atoms with Crippen molar-refractivity contribution < 1.29 is 5.11 Å². The van der Waals surface area contributed by atoms with E-state index in [0.717, 1.165) is 16.0 Å². The largest absolute Gasteiger partial charge is 0.380 e. The van der Waals surface area contributed by atoms with Crippen molar-refractivity contribution in [1.29, 1.82) is 0 Å². The van der Waals surface area contributed by atoms with Crippen molar-refractivity contribution in [2.45, 2.75) is 19.4 Å². The van der Waals surface area contributed by atoms with Gasteiger partial charge in [0.1, 0.15) is 5.60 Å². The van der Waals surface area contributed by atoms with E-state index in [1.54, 1.807) is 22.7 Å². The number of aliphatic hydroxyl groups is 1. The quantitative estimate of drug-likeness (QED) is 0.829. The fourth-order valence-corrected chi connectivity index (χ4v) is 3.31. The Morgan fingerprint density at radius 3 is 2.57 bits per heavy atom. The lowest BCUT2D eigenvalue weighted by molar-refractivity contribution is 0.106. The molecular weight excluding hydrogens is 212 g/mol. The van der Waals surface area contributed by atoms with Crippen molar-refractivity contribution in [3.05, 3.63) is 44.3 Å². The van der Waals surface area contributed by atoms with Crippen molar-refractivity contribution in [3.8, 4) is 0 Å². The molecule has 0 aliphatic heterocycles. The van der Waals surface area contributed by atoms with Crippen LogP contribution in [0.4, 0.5) is 0 Å². The van der Waals surface area contributed by atoms with Gasteiger partial charge in [0, 0.05) is 4.88 Å². The molecule has 2 aromatic rings. The molecule has 2 rings (SSSR count). The monoisotopic (exact) mass is 224 g/mol. The summed E-state index contributed by atoms with van der Waals surface area (Å²) in [5.41, 5.74) is 1.30. The second kappa shape index (κ2) is 3.50. The van der Waals surface area contributed by atoms with Crippen LogP contribution in [0.1, 0.15) is 22.9 Å². The molecule has 0 amide bonds. The predicted octanol–water partition coefficient (Wildman–Crippen LogP) is 3.37. The van der Waals surface area contributed by atoms with E-state index in [2.05, 4.69) is 0 Å². The first kappa shape index (κ1) is 9.90. The molecule has 0 saturated carbocycles. The average molecular weight is 224 g/mol. The van der Waals surface area contributed by atoms with E-state index in [9.17, 15) is 5.11 Å². The minimum absolute atomic E-state index is 0.835. The van der Waals surface area contributed by atoms with Crippen molar-refractivity contribution in [3.63, 3.8) is 0 Å². The fourth-order valence-electron chi connectivity index (χ4n) is 1.54. The first-order valence-corrected chi connectivity index (χ1v) is 6.24. The van der Waals surface area contributed by atoms with Gasteiger partial charge in [-0.2, -0.15) is 11.3 Å². The van der Waals surface area contributed by atoms with E-state index in [4.69, 9.17) is 0 Å². The minimum atomic E-state index is -0.835. The van der Waals surface area contributed by atoms with Crippen LogP contribution in [0.3, 0.4) is 0 Å². The maximum absolute atomic E-state index is 10.4. The maximum Gasteiger partial charge on any atom is 0.122 e. The van der Waals surface area contributed by atoms with Crippen LogP contribution >= 0.6 is 22.7 Å². The van der Waals surface area contributed by atoms with Crippen molar-refractivity contribution in [2.24, 2.45) is 0 Å². The summed E-state index contributed by atoms with van der Waals surface area (Å²) >= 11 is 3.22. The van der Waals surface area contributed by atoms with Gasteiger partial charge in [-0.3, -0.25) is 0 Å². The lowest BCUT2D eigenvalue weighted by atomic mass is 9.95. The Labute approximate surface area is 91.7 Å². The van der Waals surface area contributed by atoms with Crippen LogP contribution in [-0.4, -0.2) is 5.11 Å². The zero-order valence-electron chi connectivity index (χ0n) is 8.15. The van der Waals surface area contributed by atoms with Gasteiger partial charge in [-0.05, 0) is 53.2 Å². The van der Waals surface area contributed by atoms with Crippen LogP contribution in [-0.2, 0) is 5.60 Å². The van der Waals surface area contributed by atoms with Gasteiger partial charge in [0.25, 0.3) is 0 Å². The Hall–Kier alpha value is -0.640. The second-order valence-electron chi connectivity index (χ2n) is 3.52. The molecule has 0 saturated heterocycles. The standard InChI is InChI=1S/C11H12OS2/c1-8-3-6-14-10(8)11(2,12)9-4-5-13-7-9/h3-7,12H,1-2H3. The summed E-state index contributed by atoms with van der Waals surface area (Å²) in [7, 11) is 0. The highest BCUT2D eigenvalue weighted by Gasteiger charge is 2.28. The molecule has 0 aliphatic rings. The Balaban J connectivity index is 2.48. The smallest absolute Gasteiger partial charge is 0.122 e. The molecule has 1 N–H and O–H groups in total. The highest BCUT2D eigenvalue weighted by molar-refractivity contribution is 7.10. The molecule has 2 aromatic heterocycles. The van der Waals surface area contributed by atoms with E-state index in [0.29, 0.717) is 0 Å². The Bertz CT molecular complexity index is 412. The Kier molecular flexibility index (Phi) is 2.47. The van der Waals surface area contributed by atoms with E-state index >= 15 is 0 Å². The third kappa shape index (κ3) is 1.52. The minimum Gasteiger partial charge on any atom is -0.380 e. The van der Waals surface area contributed by atoms with Gasteiger partial charge in [-0.25, -0.2) is 0 Å². The first-order valence-electron chi connectivity index (χ1n) is 4.42. The van der Waals surface area contributed by atoms with E-state index in [1.807, 2.05) is 42.1 Å². The molecule has 0 aromatic carbocycles. The molecule has 0 fully saturated rings. The topological polar surface area (TPSA) is 20.2 Å². The SMILES string of the molecule is Cc1ccsc1C(C)(O)c1ccsc1. The molecule has 1 atom stereocenters. The Morgan fingerprint density at radius 1 is 1.29 bits per heavy atom. The van der Waals surface area contributed by atoms with E-state index < -0.39 is 5.60 Å². The van der Waals surface area contributed by atoms with Crippen molar-refractivity contribution in [1.82, 2.24) is 0 Å². The fraction of sp³-hybridized carbons (Fsp3) is 0.273. The van der Waals surface area contributed by atoms with Gasteiger partial charge < -0.3 is 5.11 Å². The molecule has 14 heavy (non-hydrogen) atoms. The van der Waals surface area contributed by atoms with Crippen LogP contribution in [0.15, 0.2) is 28.3 Å². The number of rotatable bonds is 2. The predicted molar refractivity (Wildman–Crippen MR) is 62.0 cm³/mol. The Morgan fingerprint density at radius 2 is 2.07 bits per heavy atom. The van der Waals surface area contributed by atoms with E-state index in [1.165, 1.54) is 0 Å². The molecule has 0 spiro atoms. The average Bonchev–Trinajstić information content (AvgIpc) is 2.72. The van der Waals surface area contributed by atoms with E-state index in [-0.39, 0.29) is 0 Å². The molecule has 2 heterocycles. The van der Waals surface area contributed by atoms with Crippen LogP contribution < -0.4 is 0 Å². The van der Waals surface area contributed by atoms with Gasteiger partial charge >= 0.3 is 0 Å². The normalized spacial score (nSPS) is 15.4. The summed E-state index contributed by atoms with van der Waals surface area (Å²) in [4.78, 5) is 1.04. The summed E-state index contributed by atoms with van der Waals surface area (Å²) in [6.07, 6.45) is 0. The summed E-state index contributed by atoms with van der Waals surface area (Å²) in [5.74, 6) is 0. The summed E-state index contributed by atoms with van der Waals surface area (Å²) in [6, 6.07) is 4.02. The van der Waals surface area contributed by atoms with Gasteiger partial charge in [0.05, 0.1) is 0 Å². The van der Waals surface area contributed by atoms with Crippen LogP contribution in [0.5, 0.6) is 0 Å². The lowest BCUT2D eigenvalue weighted by Gasteiger charge is -2.22. The molecule has 3 heteroatoms. The highest BCUT2D eigenvalue weighted by atomic mass is 32.1. The highest BCUT2D eigenvalue weighted by Crippen LogP contribution is 2.35. The molecule has 1 nitrogen and oxygen atoms in total. The van der Waals surface area contributed by atoms with Gasteiger partial charge in [-0.1, -0.05) is 0 Å². The molecule has 0 aliphatic carbocycles. The molecule has 74 valence electrons. The first-order chi connectivity index (χ1) is 6.62. The second-order valence-corrected chi connectivity index (χ2v) is 5.21. The van der Waals surface area contributed by atoms with Gasteiger partial charge in [-0.15, -0.1) is 11.3 Å². The van der Waals surface area contributed by atoms with Crippen molar-refractivity contribution >= 4 is 22.7 Å². The summed E-state index contributed by atoms with van der Waals surface area (Å²) in [6.45, 7) is 3.89.